The Kier molecular flexibility index (Phi) is 5.50. The van der Waals surface area contributed by atoms with Gasteiger partial charge in [0, 0.05) is 13.2 Å². The number of aromatic nitrogens is 1. The summed E-state index contributed by atoms with van der Waals surface area (Å²) in [6.45, 7) is 3.83. The van der Waals surface area contributed by atoms with E-state index in [4.69, 9.17) is 14.4 Å². The number of carboxylic acid groups (broad SMARTS) is 1. The van der Waals surface area contributed by atoms with Gasteiger partial charge in [-0.2, -0.15) is 0 Å². The second-order valence-corrected chi connectivity index (χ2v) is 4.29. The zero-order valence-electron chi connectivity index (χ0n) is 11.2. The number of carboxylic acids is 1. The third kappa shape index (κ3) is 4.06. The summed E-state index contributed by atoms with van der Waals surface area (Å²) in [5.41, 5.74) is 0.0432. The molecule has 1 amide bonds. The Morgan fingerprint density at radius 3 is 2.79 bits per heavy atom. The summed E-state index contributed by atoms with van der Waals surface area (Å²) in [5.74, 6) is -1.41. The van der Waals surface area contributed by atoms with Gasteiger partial charge >= 0.3 is 5.97 Å². The smallest absolute Gasteiger partial charge is 0.326 e. The van der Waals surface area contributed by atoms with E-state index < -0.39 is 17.9 Å². The average Bonchev–Trinajstić information content (AvgIpc) is 2.83. The molecule has 7 nitrogen and oxygen atoms in total. The Hall–Kier alpha value is -1.89. The zero-order chi connectivity index (χ0) is 14.4. The molecule has 0 aliphatic rings. The number of hydrogen-bond acceptors (Lipinski definition) is 5. The fourth-order valence-corrected chi connectivity index (χ4v) is 1.53. The monoisotopic (exact) mass is 270 g/mol. The number of nitrogens with one attached hydrogen (secondary N) is 1. The topological polar surface area (TPSA) is 102 Å². The lowest BCUT2D eigenvalue weighted by Gasteiger charge is -2.19. The third-order valence-corrected chi connectivity index (χ3v) is 2.84. The standard InChI is InChI=1S/C12H18N2O5/c1-4-7(2)10(12(16)17)13-11(15)9-5-8(6-18-3)19-14-9/h5,7,10H,4,6H2,1-3H3,(H,13,15)(H,16,17). The molecule has 1 heterocycles. The highest BCUT2D eigenvalue weighted by atomic mass is 16.5. The number of amides is 1. The summed E-state index contributed by atoms with van der Waals surface area (Å²) in [4.78, 5) is 23.0. The van der Waals surface area contributed by atoms with E-state index in [-0.39, 0.29) is 18.2 Å². The molecular formula is C12H18N2O5. The van der Waals surface area contributed by atoms with Gasteiger partial charge in [-0.05, 0) is 5.92 Å². The highest BCUT2D eigenvalue weighted by Gasteiger charge is 2.26. The van der Waals surface area contributed by atoms with Crippen LogP contribution >= 0.6 is 0 Å². The fraction of sp³-hybridized carbons (Fsp3) is 0.583. The van der Waals surface area contributed by atoms with E-state index in [1.54, 1.807) is 6.92 Å². The number of carbonyl (C=O) groups excluding carboxylic acids is 1. The predicted molar refractivity (Wildman–Crippen MR) is 65.6 cm³/mol. The van der Waals surface area contributed by atoms with E-state index in [2.05, 4.69) is 10.5 Å². The van der Waals surface area contributed by atoms with Gasteiger partial charge in [0.1, 0.15) is 12.6 Å². The molecule has 2 unspecified atom stereocenters. The van der Waals surface area contributed by atoms with Gasteiger partial charge in [0.15, 0.2) is 11.5 Å². The first-order valence-corrected chi connectivity index (χ1v) is 5.97. The summed E-state index contributed by atoms with van der Waals surface area (Å²) in [5, 5.41) is 15.1. The average molecular weight is 270 g/mol. The van der Waals surface area contributed by atoms with Crippen molar-refractivity contribution in [1.82, 2.24) is 10.5 Å². The highest BCUT2D eigenvalue weighted by Crippen LogP contribution is 2.10. The molecule has 0 spiro atoms. The predicted octanol–water partition coefficient (Wildman–Crippen LogP) is 1.05. The van der Waals surface area contributed by atoms with Gasteiger partial charge in [0.05, 0.1) is 0 Å². The van der Waals surface area contributed by atoms with Crippen LogP contribution in [0.4, 0.5) is 0 Å². The van der Waals surface area contributed by atoms with Gasteiger partial charge < -0.3 is 19.7 Å². The molecule has 1 aromatic heterocycles. The van der Waals surface area contributed by atoms with E-state index in [9.17, 15) is 9.59 Å². The molecule has 0 saturated carbocycles. The molecule has 0 aromatic carbocycles. The molecule has 2 N–H and O–H groups in total. The minimum absolute atomic E-state index is 0.0432. The van der Waals surface area contributed by atoms with Crippen molar-refractivity contribution >= 4 is 11.9 Å². The van der Waals surface area contributed by atoms with Crippen molar-refractivity contribution in [1.29, 1.82) is 0 Å². The second kappa shape index (κ2) is 6.89. The van der Waals surface area contributed by atoms with Crippen LogP contribution in [0.1, 0.15) is 36.5 Å². The van der Waals surface area contributed by atoms with E-state index in [0.717, 1.165) is 0 Å². The molecule has 0 aliphatic heterocycles. The molecule has 0 radical (unpaired) electrons. The lowest BCUT2D eigenvalue weighted by molar-refractivity contribution is -0.140. The molecule has 7 heteroatoms. The van der Waals surface area contributed by atoms with Crippen LogP contribution in [0.25, 0.3) is 0 Å². The van der Waals surface area contributed by atoms with Crippen LogP contribution in [0, 0.1) is 5.92 Å². The molecule has 1 rings (SSSR count). The van der Waals surface area contributed by atoms with Crippen LogP contribution in [-0.4, -0.2) is 35.3 Å². The van der Waals surface area contributed by atoms with Crippen LogP contribution < -0.4 is 5.32 Å². The molecule has 0 aliphatic carbocycles. The highest BCUT2D eigenvalue weighted by molar-refractivity contribution is 5.94. The Morgan fingerprint density at radius 2 is 2.26 bits per heavy atom. The Balaban J connectivity index is 2.73. The third-order valence-electron chi connectivity index (χ3n) is 2.84. The van der Waals surface area contributed by atoms with E-state index in [1.807, 2.05) is 6.92 Å². The van der Waals surface area contributed by atoms with Crippen LogP contribution in [-0.2, 0) is 16.1 Å². The minimum atomic E-state index is -1.07. The van der Waals surface area contributed by atoms with Gasteiger partial charge in [-0.15, -0.1) is 0 Å². The number of ether oxygens (including phenoxy) is 1. The maximum atomic E-state index is 11.9. The number of aliphatic carboxylic acids is 1. The van der Waals surface area contributed by atoms with Crippen molar-refractivity contribution in [3.63, 3.8) is 0 Å². The first-order valence-electron chi connectivity index (χ1n) is 5.97. The van der Waals surface area contributed by atoms with E-state index in [1.165, 1.54) is 13.2 Å². The van der Waals surface area contributed by atoms with Crippen molar-refractivity contribution in [2.75, 3.05) is 7.11 Å². The first kappa shape index (κ1) is 15.2. The fourth-order valence-electron chi connectivity index (χ4n) is 1.53. The van der Waals surface area contributed by atoms with E-state index >= 15 is 0 Å². The molecule has 0 bridgehead atoms. The molecule has 19 heavy (non-hydrogen) atoms. The van der Waals surface area contributed by atoms with Crippen LogP contribution in [0.5, 0.6) is 0 Å². The van der Waals surface area contributed by atoms with Gasteiger partial charge in [-0.25, -0.2) is 4.79 Å². The van der Waals surface area contributed by atoms with Crippen molar-refractivity contribution in [3.05, 3.63) is 17.5 Å². The van der Waals surface area contributed by atoms with Crippen LogP contribution in [0.3, 0.4) is 0 Å². The number of rotatable bonds is 7. The van der Waals surface area contributed by atoms with Crippen molar-refractivity contribution in [2.24, 2.45) is 5.92 Å². The lowest BCUT2D eigenvalue weighted by Crippen LogP contribution is -2.45. The normalized spacial score (nSPS) is 13.8. The summed E-state index contributed by atoms with van der Waals surface area (Å²) >= 11 is 0. The quantitative estimate of drug-likeness (QED) is 0.767. The summed E-state index contributed by atoms with van der Waals surface area (Å²) in [6.07, 6.45) is 0.644. The summed E-state index contributed by atoms with van der Waals surface area (Å²) < 4.78 is 9.71. The number of carbonyl (C=O) groups is 2. The van der Waals surface area contributed by atoms with Crippen LogP contribution in [0.15, 0.2) is 10.6 Å². The van der Waals surface area contributed by atoms with E-state index in [0.29, 0.717) is 12.2 Å². The molecule has 0 saturated heterocycles. The molecular weight excluding hydrogens is 252 g/mol. The number of hydrogen-bond donors (Lipinski definition) is 2. The Labute approximate surface area is 110 Å². The van der Waals surface area contributed by atoms with Gasteiger partial charge in [0.25, 0.3) is 5.91 Å². The molecule has 1 aromatic rings. The van der Waals surface area contributed by atoms with Crippen molar-refractivity contribution in [3.8, 4) is 0 Å². The Bertz CT molecular complexity index is 443. The van der Waals surface area contributed by atoms with Crippen LogP contribution in [0.2, 0.25) is 0 Å². The SMILES string of the molecule is CCC(C)C(NC(=O)c1cc(COC)on1)C(=O)O. The van der Waals surface area contributed by atoms with Crippen molar-refractivity contribution in [2.45, 2.75) is 32.9 Å². The second-order valence-electron chi connectivity index (χ2n) is 4.29. The molecule has 2 atom stereocenters. The minimum Gasteiger partial charge on any atom is -0.480 e. The van der Waals surface area contributed by atoms with Crippen molar-refractivity contribution < 1.29 is 24.0 Å². The summed E-state index contributed by atoms with van der Waals surface area (Å²) in [6, 6.07) is 0.481. The molecule has 0 fully saturated rings. The number of methoxy groups -OCH3 is 1. The first-order chi connectivity index (χ1) is 8.99. The number of nitrogens with zero attached hydrogens (tertiary/aromatic N) is 1. The maximum Gasteiger partial charge on any atom is 0.326 e. The molecule has 106 valence electrons. The maximum absolute atomic E-state index is 11.9. The summed E-state index contributed by atoms with van der Waals surface area (Å²) in [7, 11) is 1.49. The van der Waals surface area contributed by atoms with Gasteiger partial charge in [-0.1, -0.05) is 25.4 Å². The largest absolute Gasteiger partial charge is 0.480 e. The lowest BCUT2D eigenvalue weighted by atomic mass is 9.99. The van der Waals surface area contributed by atoms with Gasteiger partial charge in [0.2, 0.25) is 0 Å². The zero-order valence-corrected chi connectivity index (χ0v) is 11.2. The Morgan fingerprint density at radius 1 is 1.58 bits per heavy atom. The van der Waals surface area contributed by atoms with Gasteiger partial charge in [-0.3, -0.25) is 4.79 Å².